The molecule has 0 radical (unpaired) electrons. The van der Waals surface area contributed by atoms with Crippen LogP contribution < -0.4 is 0 Å². The number of fused-ring (bicyclic) bond motifs is 6. The lowest BCUT2D eigenvalue weighted by atomic mass is 10.1. The van der Waals surface area contributed by atoms with E-state index in [1.807, 2.05) is 0 Å². The largest absolute Gasteiger partial charge is 0.293 e. The van der Waals surface area contributed by atoms with Gasteiger partial charge in [-0.3, -0.25) is 9.59 Å². The smallest absolute Gasteiger partial charge is 0.172 e. The van der Waals surface area contributed by atoms with Gasteiger partial charge in [-0.25, -0.2) is 0 Å². The van der Waals surface area contributed by atoms with Gasteiger partial charge in [0.25, 0.3) is 0 Å². The zero-order chi connectivity index (χ0) is 23.2. The number of carbonyl (C=O) groups is 2. The molecule has 0 saturated heterocycles. The molecule has 33 heavy (non-hydrogen) atoms. The second-order valence-corrected chi connectivity index (χ2v) is 12.1. The third-order valence-electron chi connectivity index (χ3n) is 6.43. The van der Waals surface area contributed by atoms with E-state index in [2.05, 4.69) is 37.4 Å². The Morgan fingerprint density at radius 2 is 1.12 bits per heavy atom. The number of Topliss-reactive ketones (excluding diaryl/α,β-unsaturated/α-hetero) is 2. The molecule has 0 aliphatic rings. The first-order valence-electron chi connectivity index (χ1n) is 12.6. The van der Waals surface area contributed by atoms with Gasteiger partial charge >= 0.3 is 0 Å². The van der Waals surface area contributed by atoms with Crippen LogP contribution in [-0.2, 0) is 0 Å². The van der Waals surface area contributed by atoms with Gasteiger partial charge in [-0.15, -0.1) is 34.0 Å². The van der Waals surface area contributed by atoms with Crippen molar-refractivity contribution in [2.75, 3.05) is 0 Å². The molecule has 5 heteroatoms. The second-order valence-electron chi connectivity index (χ2n) is 9.05. The molecule has 0 saturated carbocycles. The molecule has 3 heterocycles. The summed E-state index contributed by atoms with van der Waals surface area (Å²) >= 11 is 5.01. The van der Waals surface area contributed by atoms with E-state index in [9.17, 15) is 9.59 Å². The quantitative estimate of drug-likeness (QED) is 0.128. The van der Waals surface area contributed by atoms with E-state index in [-0.39, 0.29) is 11.6 Å². The summed E-state index contributed by atoms with van der Waals surface area (Å²) in [5.74, 6) is 0.535. The molecule has 0 bridgehead atoms. The van der Waals surface area contributed by atoms with Crippen molar-refractivity contribution in [1.29, 1.82) is 0 Å². The Labute approximate surface area is 209 Å². The van der Waals surface area contributed by atoms with Gasteiger partial charge in [-0.05, 0) is 36.4 Å². The minimum atomic E-state index is 0.268. The Morgan fingerprint density at radius 3 is 1.67 bits per heavy atom. The monoisotopic (exact) mass is 498 g/mol. The summed E-state index contributed by atoms with van der Waals surface area (Å²) in [6.07, 6.45) is 12.9. The van der Waals surface area contributed by atoms with E-state index in [0.717, 1.165) is 40.8 Å². The van der Waals surface area contributed by atoms with Crippen molar-refractivity contribution in [3.8, 4) is 0 Å². The molecule has 176 valence electrons. The molecule has 2 nitrogen and oxygen atoms in total. The maximum Gasteiger partial charge on any atom is 0.172 e. The number of ketones is 2. The van der Waals surface area contributed by atoms with Crippen molar-refractivity contribution in [1.82, 2.24) is 0 Å². The Morgan fingerprint density at radius 1 is 0.636 bits per heavy atom. The van der Waals surface area contributed by atoms with Crippen LogP contribution in [0.15, 0.2) is 23.6 Å². The van der Waals surface area contributed by atoms with Crippen LogP contribution in [0.2, 0.25) is 0 Å². The predicted octanol–water partition coefficient (Wildman–Crippen LogP) is 10.4. The maximum absolute atomic E-state index is 12.9. The van der Waals surface area contributed by atoms with Gasteiger partial charge in [-0.2, -0.15) is 0 Å². The molecule has 0 aliphatic carbocycles. The zero-order valence-corrected chi connectivity index (χ0v) is 22.3. The fraction of sp³-hybridized carbons (Fsp3) is 0.500. The highest BCUT2D eigenvalue weighted by molar-refractivity contribution is 7.27. The van der Waals surface area contributed by atoms with Crippen LogP contribution >= 0.6 is 34.0 Å². The van der Waals surface area contributed by atoms with Crippen LogP contribution in [0.25, 0.3) is 30.3 Å². The fourth-order valence-corrected chi connectivity index (χ4v) is 7.95. The van der Waals surface area contributed by atoms with Gasteiger partial charge in [0.2, 0.25) is 0 Å². The molecule has 1 aromatic carbocycles. The minimum absolute atomic E-state index is 0.268. The maximum atomic E-state index is 12.9. The van der Waals surface area contributed by atoms with Crippen molar-refractivity contribution in [2.45, 2.75) is 90.9 Å². The van der Waals surface area contributed by atoms with Crippen LogP contribution in [0.5, 0.6) is 0 Å². The van der Waals surface area contributed by atoms with Crippen molar-refractivity contribution < 1.29 is 9.59 Å². The molecule has 0 spiro atoms. The third-order valence-corrected chi connectivity index (χ3v) is 9.79. The van der Waals surface area contributed by atoms with Crippen molar-refractivity contribution in [3.63, 3.8) is 0 Å². The van der Waals surface area contributed by atoms with E-state index in [1.165, 1.54) is 63.4 Å². The number of rotatable bonds is 14. The average molecular weight is 499 g/mol. The second kappa shape index (κ2) is 11.7. The predicted molar refractivity (Wildman–Crippen MR) is 148 cm³/mol. The molecule has 0 N–H and O–H groups in total. The molecule has 0 unspecified atom stereocenters. The number of benzene rings is 1. The highest BCUT2D eigenvalue weighted by Gasteiger charge is 2.20. The molecule has 3 aromatic heterocycles. The molecule has 4 rings (SSSR count). The number of unbranched alkanes of at least 4 members (excludes halogenated alkanes) is 8. The summed E-state index contributed by atoms with van der Waals surface area (Å²) in [6, 6.07) is 6.38. The van der Waals surface area contributed by atoms with Gasteiger partial charge in [0.05, 0.1) is 9.75 Å². The van der Waals surface area contributed by atoms with Crippen LogP contribution in [0.4, 0.5) is 0 Å². The topological polar surface area (TPSA) is 34.1 Å². The number of hydrogen-bond donors (Lipinski definition) is 0. The summed E-state index contributed by atoms with van der Waals surface area (Å²) in [6.45, 7) is 4.43. The Hall–Kier alpha value is -1.56. The first-order chi connectivity index (χ1) is 16.1. The molecular weight excluding hydrogens is 465 g/mol. The van der Waals surface area contributed by atoms with Crippen LogP contribution in [0, 0.1) is 0 Å². The Kier molecular flexibility index (Phi) is 8.72. The van der Waals surface area contributed by atoms with E-state index in [4.69, 9.17) is 0 Å². The van der Waals surface area contributed by atoms with Crippen molar-refractivity contribution >= 4 is 75.8 Å². The summed E-state index contributed by atoms with van der Waals surface area (Å²) in [4.78, 5) is 27.6. The average Bonchev–Trinajstić information content (AvgIpc) is 3.55. The summed E-state index contributed by atoms with van der Waals surface area (Å²) in [5.41, 5.74) is 0. The van der Waals surface area contributed by atoms with Crippen LogP contribution in [0.1, 0.15) is 110 Å². The summed E-state index contributed by atoms with van der Waals surface area (Å²) in [5, 5.41) is 5.70. The van der Waals surface area contributed by atoms with E-state index < -0.39 is 0 Å². The number of hydrogen-bond acceptors (Lipinski definition) is 5. The lowest BCUT2D eigenvalue weighted by molar-refractivity contribution is 0.0975. The first-order valence-corrected chi connectivity index (χ1v) is 15.1. The zero-order valence-electron chi connectivity index (χ0n) is 19.8. The standard InChI is InChI=1S/C28H34O2S3/c1-3-5-7-9-11-13-22(29)24-17-20-26-19(15-16-31-26)27-21(28(20)33-24)18-25(32-27)23(30)14-12-10-8-6-4-2/h15-18H,3-14H2,1-2H3. The highest BCUT2D eigenvalue weighted by Crippen LogP contribution is 2.45. The van der Waals surface area contributed by atoms with Crippen LogP contribution in [-0.4, -0.2) is 11.6 Å². The van der Waals surface area contributed by atoms with Gasteiger partial charge < -0.3 is 0 Å². The number of thiophene rings is 3. The summed E-state index contributed by atoms with van der Waals surface area (Å²) in [7, 11) is 0. The fourth-order valence-electron chi connectivity index (χ4n) is 4.52. The third kappa shape index (κ3) is 5.58. The number of carbonyl (C=O) groups excluding carboxylic acids is 2. The van der Waals surface area contributed by atoms with Gasteiger partial charge in [0.15, 0.2) is 11.6 Å². The first kappa shape index (κ1) is 24.6. The molecule has 0 aliphatic heterocycles. The SMILES string of the molecule is CCCCCCCC(=O)c1cc2c(s1)c1ccsc1c1cc(C(=O)CCCCCCC)sc12. The lowest BCUT2D eigenvalue weighted by Gasteiger charge is -1.98. The molecule has 0 fully saturated rings. The van der Waals surface area contributed by atoms with Crippen molar-refractivity contribution in [2.24, 2.45) is 0 Å². The van der Waals surface area contributed by atoms with E-state index in [1.54, 1.807) is 34.0 Å². The van der Waals surface area contributed by atoms with Gasteiger partial charge in [0.1, 0.15) is 0 Å². The van der Waals surface area contributed by atoms with E-state index in [0.29, 0.717) is 12.8 Å². The normalized spacial score (nSPS) is 11.8. The van der Waals surface area contributed by atoms with Gasteiger partial charge in [0, 0.05) is 43.1 Å². The molecule has 0 amide bonds. The molecule has 0 atom stereocenters. The van der Waals surface area contributed by atoms with Crippen LogP contribution in [0.3, 0.4) is 0 Å². The molecular formula is C28H34O2S3. The Balaban J connectivity index is 1.59. The van der Waals surface area contributed by atoms with E-state index >= 15 is 0 Å². The van der Waals surface area contributed by atoms with Crippen molar-refractivity contribution in [3.05, 3.63) is 33.3 Å². The molecule has 4 aromatic rings. The Bertz CT molecular complexity index is 1150. The summed E-state index contributed by atoms with van der Waals surface area (Å²) < 4.78 is 3.62. The minimum Gasteiger partial charge on any atom is -0.293 e. The highest BCUT2D eigenvalue weighted by atomic mass is 32.1. The van der Waals surface area contributed by atoms with Gasteiger partial charge in [-0.1, -0.05) is 65.2 Å². The lowest BCUT2D eigenvalue weighted by Crippen LogP contribution is -1.95.